The maximum Gasteiger partial charge on any atom is 0.310 e. The first kappa shape index (κ1) is 16.9. The number of methoxy groups -OCH3 is 1. The monoisotopic (exact) mass is 287 g/mol. The SMILES string of the molecule is COCCN(CCO)C(=O)CC1(C(=O)O)CCCCC1. The highest BCUT2D eigenvalue weighted by Gasteiger charge is 2.42. The van der Waals surface area contributed by atoms with Crippen molar-refractivity contribution in [3.63, 3.8) is 0 Å². The Kier molecular flexibility index (Phi) is 6.95. The van der Waals surface area contributed by atoms with Gasteiger partial charge in [0.15, 0.2) is 0 Å². The molecule has 0 aromatic heterocycles. The minimum atomic E-state index is -0.921. The van der Waals surface area contributed by atoms with Crippen LogP contribution in [0.2, 0.25) is 0 Å². The molecule has 0 aromatic rings. The number of aliphatic hydroxyl groups excluding tert-OH is 1. The molecular weight excluding hydrogens is 262 g/mol. The average Bonchev–Trinajstić information content (AvgIpc) is 2.44. The van der Waals surface area contributed by atoms with Gasteiger partial charge in [0.05, 0.1) is 18.6 Å². The van der Waals surface area contributed by atoms with Crippen LogP contribution in [0, 0.1) is 5.41 Å². The lowest BCUT2D eigenvalue weighted by Gasteiger charge is -2.34. The topological polar surface area (TPSA) is 87.1 Å². The number of amides is 1. The summed E-state index contributed by atoms with van der Waals surface area (Å²) in [7, 11) is 1.54. The number of nitrogens with zero attached hydrogens (tertiary/aromatic N) is 1. The van der Waals surface area contributed by atoms with E-state index in [-0.39, 0.29) is 25.5 Å². The highest BCUT2D eigenvalue weighted by atomic mass is 16.5. The summed E-state index contributed by atoms with van der Waals surface area (Å²) in [4.78, 5) is 25.4. The average molecular weight is 287 g/mol. The molecule has 6 heteroatoms. The van der Waals surface area contributed by atoms with Crippen molar-refractivity contribution in [3.05, 3.63) is 0 Å². The fourth-order valence-electron chi connectivity index (χ4n) is 2.78. The summed E-state index contributed by atoms with van der Waals surface area (Å²) >= 11 is 0. The number of carboxylic acid groups (broad SMARTS) is 1. The Morgan fingerprint density at radius 1 is 1.20 bits per heavy atom. The van der Waals surface area contributed by atoms with E-state index in [4.69, 9.17) is 9.84 Å². The zero-order valence-corrected chi connectivity index (χ0v) is 12.1. The molecule has 116 valence electrons. The molecule has 0 spiro atoms. The summed E-state index contributed by atoms with van der Waals surface area (Å²) in [6, 6.07) is 0. The summed E-state index contributed by atoms with van der Waals surface area (Å²) in [6.07, 6.45) is 3.89. The molecule has 6 nitrogen and oxygen atoms in total. The predicted octanol–water partition coefficient (Wildman–Crippen LogP) is 0.879. The molecule has 0 heterocycles. The van der Waals surface area contributed by atoms with Crippen LogP contribution in [0.3, 0.4) is 0 Å². The van der Waals surface area contributed by atoms with Crippen LogP contribution in [-0.4, -0.2) is 60.4 Å². The molecule has 0 saturated heterocycles. The van der Waals surface area contributed by atoms with Gasteiger partial charge in [-0.15, -0.1) is 0 Å². The lowest BCUT2D eigenvalue weighted by Crippen LogP contribution is -2.43. The third-order valence-electron chi connectivity index (χ3n) is 4.04. The summed E-state index contributed by atoms with van der Waals surface area (Å²) in [5.41, 5.74) is -0.921. The maximum absolute atomic E-state index is 12.3. The van der Waals surface area contributed by atoms with Gasteiger partial charge >= 0.3 is 5.97 Å². The number of aliphatic carboxylic acids is 1. The second-order valence-corrected chi connectivity index (χ2v) is 5.42. The van der Waals surface area contributed by atoms with Gasteiger partial charge in [-0.2, -0.15) is 0 Å². The van der Waals surface area contributed by atoms with Crippen LogP contribution in [-0.2, 0) is 14.3 Å². The van der Waals surface area contributed by atoms with Gasteiger partial charge in [-0.05, 0) is 12.8 Å². The number of ether oxygens (including phenoxy) is 1. The van der Waals surface area contributed by atoms with Crippen molar-refractivity contribution in [2.24, 2.45) is 5.41 Å². The minimum Gasteiger partial charge on any atom is -0.481 e. The first-order valence-electron chi connectivity index (χ1n) is 7.17. The molecule has 1 saturated carbocycles. The Morgan fingerprint density at radius 3 is 2.35 bits per heavy atom. The first-order valence-corrected chi connectivity index (χ1v) is 7.17. The van der Waals surface area contributed by atoms with Crippen molar-refractivity contribution < 1.29 is 24.5 Å². The van der Waals surface area contributed by atoms with E-state index in [1.54, 1.807) is 7.11 Å². The molecule has 0 bridgehead atoms. The summed E-state index contributed by atoms with van der Waals surface area (Å²) < 4.78 is 4.94. The van der Waals surface area contributed by atoms with Crippen LogP contribution >= 0.6 is 0 Å². The molecule has 0 aliphatic heterocycles. The molecule has 0 radical (unpaired) electrons. The lowest BCUT2D eigenvalue weighted by molar-refractivity contribution is -0.156. The Morgan fingerprint density at radius 2 is 1.85 bits per heavy atom. The number of hydrogen-bond acceptors (Lipinski definition) is 4. The highest BCUT2D eigenvalue weighted by Crippen LogP contribution is 2.40. The van der Waals surface area contributed by atoms with E-state index in [1.807, 2.05) is 0 Å². The van der Waals surface area contributed by atoms with E-state index >= 15 is 0 Å². The van der Waals surface area contributed by atoms with E-state index < -0.39 is 11.4 Å². The van der Waals surface area contributed by atoms with Gasteiger partial charge in [-0.25, -0.2) is 0 Å². The molecular formula is C14H25NO5. The van der Waals surface area contributed by atoms with Crippen LogP contribution in [0.5, 0.6) is 0 Å². The Labute approximate surface area is 119 Å². The van der Waals surface area contributed by atoms with Gasteiger partial charge in [0.2, 0.25) is 5.91 Å². The fourth-order valence-corrected chi connectivity index (χ4v) is 2.78. The lowest BCUT2D eigenvalue weighted by atomic mass is 9.71. The van der Waals surface area contributed by atoms with E-state index in [0.717, 1.165) is 19.3 Å². The van der Waals surface area contributed by atoms with E-state index in [1.165, 1.54) is 4.90 Å². The van der Waals surface area contributed by atoms with Crippen LogP contribution in [0.25, 0.3) is 0 Å². The van der Waals surface area contributed by atoms with E-state index in [9.17, 15) is 14.7 Å². The predicted molar refractivity (Wildman–Crippen MR) is 73.3 cm³/mol. The molecule has 1 aliphatic carbocycles. The van der Waals surface area contributed by atoms with Crippen LogP contribution in [0.15, 0.2) is 0 Å². The zero-order valence-electron chi connectivity index (χ0n) is 12.1. The Hall–Kier alpha value is -1.14. The van der Waals surface area contributed by atoms with Crippen molar-refractivity contribution in [1.29, 1.82) is 0 Å². The van der Waals surface area contributed by atoms with E-state index in [2.05, 4.69) is 0 Å². The summed E-state index contributed by atoms with van der Waals surface area (Å²) in [6.45, 7) is 0.852. The standard InChI is InChI=1S/C14H25NO5/c1-20-10-8-15(7-9-16)12(17)11-14(13(18)19)5-3-2-4-6-14/h16H,2-11H2,1H3,(H,18,19). The largest absolute Gasteiger partial charge is 0.481 e. The van der Waals surface area contributed by atoms with Crippen LogP contribution in [0.1, 0.15) is 38.5 Å². The second-order valence-electron chi connectivity index (χ2n) is 5.42. The van der Waals surface area contributed by atoms with Gasteiger partial charge in [-0.1, -0.05) is 19.3 Å². The zero-order chi connectivity index (χ0) is 15.0. The number of hydrogen-bond donors (Lipinski definition) is 2. The van der Waals surface area contributed by atoms with Gasteiger partial charge in [-0.3, -0.25) is 9.59 Å². The number of carbonyl (C=O) groups excluding carboxylic acids is 1. The molecule has 1 rings (SSSR count). The van der Waals surface area contributed by atoms with E-state index in [0.29, 0.717) is 26.0 Å². The van der Waals surface area contributed by atoms with Gasteiger partial charge in [0.25, 0.3) is 0 Å². The molecule has 0 aromatic carbocycles. The smallest absolute Gasteiger partial charge is 0.310 e. The molecule has 0 unspecified atom stereocenters. The van der Waals surface area contributed by atoms with Crippen molar-refractivity contribution in [2.75, 3.05) is 33.4 Å². The Balaban J connectivity index is 2.69. The third-order valence-corrected chi connectivity index (χ3v) is 4.04. The number of aliphatic hydroxyl groups is 1. The second kappa shape index (κ2) is 8.21. The van der Waals surface area contributed by atoms with Crippen molar-refractivity contribution in [3.8, 4) is 0 Å². The third kappa shape index (κ3) is 4.45. The van der Waals surface area contributed by atoms with Crippen LogP contribution in [0.4, 0.5) is 0 Å². The van der Waals surface area contributed by atoms with Crippen LogP contribution < -0.4 is 0 Å². The van der Waals surface area contributed by atoms with Crippen molar-refractivity contribution in [1.82, 2.24) is 4.90 Å². The normalized spacial score (nSPS) is 17.7. The molecule has 2 N–H and O–H groups in total. The minimum absolute atomic E-state index is 0.0199. The number of rotatable bonds is 8. The Bertz CT molecular complexity index is 326. The van der Waals surface area contributed by atoms with Gasteiger partial charge < -0.3 is 19.8 Å². The summed E-state index contributed by atoms with van der Waals surface area (Å²) in [5.74, 6) is -1.08. The summed E-state index contributed by atoms with van der Waals surface area (Å²) in [5, 5.41) is 18.5. The fraction of sp³-hybridized carbons (Fsp3) is 0.857. The number of carbonyl (C=O) groups is 2. The molecule has 1 aliphatic rings. The maximum atomic E-state index is 12.3. The van der Waals surface area contributed by atoms with Gasteiger partial charge in [0, 0.05) is 26.6 Å². The first-order chi connectivity index (χ1) is 9.55. The quantitative estimate of drug-likeness (QED) is 0.692. The number of carboxylic acids is 1. The molecule has 1 fully saturated rings. The van der Waals surface area contributed by atoms with Crippen molar-refractivity contribution >= 4 is 11.9 Å². The molecule has 20 heavy (non-hydrogen) atoms. The van der Waals surface area contributed by atoms with Gasteiger partial charge in [0.1, 0.15) is 0 Å². The molecule has 0 atom stereocenters. The highest BCUT2D eigenvalue weighted by molar-refractivity contribution is 5.85. The van der Waals surface area contributed by atoms with Crippen molar-refractivity contribution in [2.45, 2.75) is 38.5 Å². The molecule has 1 amide bonds.